The Bertz CT molecular complexity index is 537. The number of rotatable bonds is 5. The number of benzene rings is 1. The molecule has 0 aromatic heterocycles. The monoisotopic (exact) mass is 279 g/mol. The van der Waals surface area contributed by atoms with Gasteiger partial charge in [0.15, 0.2) is 11.5 Å². The lowest BCUT2D eigenvalue weighted by Gasteiger charge is -2.10. The fourth-order valence-corrected chi connectivity index (χ4v) is 1.54. The van der Waals surface area contributed by atoms with Gasteiger partial charge in [-0.3, -0.25) is 4.79 Å². The van der Waals surface area contributed by atoms with E-state index >= 15 is 0 Å². The molecule has 0 fully saturated rings. The lowest BCUT2D eigenvalue weighted by Crippen LogP contribution is -2.23. The Morgan fingerprint density at radius 2 is 2.05 bits per heavy atom. The van der Waals surface area contributed by atoms with Gasteiger partial charge in [0, 0.05) is 12.6 Å². The summed E-state index contributed by atoms with van der Waals surface area (Å²) < 4.78 is 9.40. The number of nitrogens with one attached hydrogen (secondary N) is 1. The van der Waals surface area contributed by atoms with Gasteiger partial charge in [0.1, 0.15) is 0 Å². The number of phenols is 1. The van der Waals surface area contributed by atoms with Crippen molar-refractivity contribution in [2.75, 3.05) is 20.8 Å². The molecule has 1 amide bonds. The second-order valence-corrected chi connectivity index (χ2v) is 4.00. The van der Waals surface area contributed by atoms with Gasteiger partial charge in [0.2, 0.25) is 0 Å². The van der Waals surface area contributed by atoms with Crippen molar-refractivity contribution in [2.24, 2.45) is 0 Å². The first-order valence-electron chi connectivity index (χ1n) is 5.90. The van der Waals surface area contributed by atoms with Crippen molar-refractivity contribution in [1.82, 2.24) is 5.32 Å². The molecule has 0 unspecified atom stereocenters. The minimum absolute atomic E-state index is 0.119. The number of hydrogen-bond acceptors (Lipinski definition) is 5. The minimum Gasteiger partial charge on any atom is -0.504 e. The fraction of sp³-hybridized carbons (Fsp3) is 0.286. The zero-order valence-corrected chi connectivity index (χ0v) is 11.6. The first-order valence-corrected chi connectivity index (χ1v) is 5.90. The van der Waals surface area contributed by atoms with Crippen LogP contribution >= 0.6 is 0 Å². The van der Waals surface area contributed by atoms with Crippen LogP contribution in [-0.2, 0) is 9.53 Å². The summed E-state index contributed by atoms with van der Waals surface area (Å²) in [6.45, 7) is 1.93. The van der Waals surface area contributed by atoms with Crippen LogP contribution < -0.4 is 10.1 Å². The van der Waals surface area contributed by atoms with Crippen LogP contribution in [0.4, 0.5) is 0 Å². The van der Waals surface area contributed by atoms with Gasteiger partial charge in [-0.1, -0.05) is 6.08 Å². The lowest BCUT2D eigenvalue weighted by atomic mass is 10.1. The molecule has 108 valence electrons. The van der Waals surface area contributed by atoms with Gasteiger partial charge in [0.25, 0.3) is 5.91 Å². The normalized spacial score (nSPS) is 10.3. The maximum Gasteiger partial charge on any atom is 0.330 e. The molecule has 1 aromatic rings. The number of aromatic hydroxyl groups is 1. The summed E-state index contributed by atoms with van der Waals surface area (Å²) in [5.74, 6) is -0.939. The molecule has 20 heavy (non-hydrogen) atoms. The van der Waals surface area contributed by atoms with Crippen molar-refractivity contribution in [3.63, 3.8) is 0 Å². The van der Waals surface area contributed by atoms with E-state index < -0.39 is 11.9 Å². The van der Waals surface area contributed by atoms with Crippen LogP contribution in [0.1, 0.15) is 15.9 Å². The van der Waals surface area contributed by atoms with Crippen molar-refractivity contribution in [1.29, 1.82) is 0 Å². The number of carbonyl (C=O) groups excluding carboxylic acids is 2. The number of aryl methyl sites for hydroxylation is 1. The molecule has 0 saturated heterocycles. The molecule has 0 aliphatic heterocycles. The van der Waals surface area contributed by atoms with E-state index in [9.17, 15) is 14.7 Å². The highest BCUT2D eigenvalue weighted by atomic mass is 16.5. The van der Waals surface area contributed by atoms with E-state index in [0.717, 1.165) is 5.56 Å². The molecule has 0 spiro atoms. The molecule has 1 rings (SSSR count). The molecule has 0 bridgehead atoms. The predicted molar refractivity (Wildman–Crippen MR) is 72.9 cm³/mol. The maximum absolute atomic E-state index is 11.9. The summed E-state index contributed by atoms with van der Waals surface area (Å²) in [5, 5.41) is 12.4. The Morgan fingerprint density at radius 1 is 1.35 bits per heavy atom. The van der Waals surface area contributed by atoms with Crippen LogP contribution in [-0.4, -0.2) is 37.7 Å². The van der Waals surface area contributed by atoms with Gasteiger partial charge in [-0.15, -0.1) is 0 Å². The van der Waals surface area contributed by atoms with Gasteiger partial charge in [-0.25, -0.2) is 4.79 Å². The third-order valence-corrected chi connectivity index (χ3v) is 2.52. The van der Waals surface area contributed by atoms with Crippen LogP contribution in [0.5, 0.6) is 11.5 Å². The summed E-state index contributed by atoms with van der Waals surface area (Å²) in [4.78, 5) is 22.8. The van der Waals surface area contributed by atoms with Crippen LogP contribution in [0.3, 0.4) is 0 Å². The summed E-state index contributed by atoms with van der Waals surface area (Å²) >= 11 is 0. The second kappa shape index (κ2) is 7.18. The molecule has 0 heterocycles. The molecule has 0 radical (unpaired) electrons. The van der Waals surface area contributed by atoms with Crippen LogP contribution in [0.2, 0.25) is 0 Å². The zero-order valence-electron chi connectivity index (χ0n) is 11.6. The van der Waals surface area contributed by atoms with E-state index in [0.29, 0.717) is 0 Å². The van der Waals surface area contributed by atoms with Gasteiger partial charge in [0.05, 0.1) is 19.8 Å². The molecule has 0 atom stereocenters. The topological polar surface area (TPSA) is 84.9 Å². The number of hydrogen-bond donors (Lipinski definition) is 2. The Balaban J connectivity index is 2.75. The number of amides is 1. The van der Waals surface area contributed by atoms with E-state index in [1.54, 1.807) is 19.1 Å². The molecular formula is C14H17NO5. The molecule has 0 aliphatic carbocycles. The van der Waals surface area contributed by atoms with Crippen molar-refractivity contribution in [2.45, 2.75) is 6.92 Å². The average Bonchev–Trinajstić information content (AvgIpc) is 2.44. The third-order valence-electron chi connectivity index (χ3n) is 2.52. The van der Waals surface area contributed by atoms with Crippen molar-refractivity contribution >= 4 is 11.9 Å². The Kier molecular flexibility index (Phi) is 5.58. The van der Waals surface area contributed by atoms with Crippen LogP contribution in [0.15, 0.2) is 24.3 Å². The molecule has 1 aromatic carbocycles. The number of esters is 1. The minimum atomic E-state index is -0.501. The van der Waals surface area contributed by atoms with Crippen molar-refractivity contribution < 1.29 is 24.2 Å². The largest absolute Gasteiger partial charge is 0.504 e. The Labute approximate surface area is 117 Å². The lowest BCUT2D eigenvalue weighted by molar-refractivity contribution is -0.134. The summed E-state index contributed by atoms with van der Waals surface area (Å²) in [5.41, 5.74) is 0.906. The van der Waals surface area contributed by atoms with Gasteiger partial charge in [-0.2, -0.15) is 0 Å². The number of carbonyl (C=O) groups is 2. The van der Waals surface area contributed by atoms with Crippen LogP contribution in [0, 0.1) is 6.92 Å². The molecule has 6 nitrogen and oxygen atoms in total. The SMILES string of the molecule is COC(=O)/C=C/CNC(=O)c1cc(C)cc(OC)c1O. The second-order valence-electron chi connectivity index (χ2n) is 4.00. The van der Waals surface area contributed by atoms with Gasteiger partial charge >= 0.3 is 5.97 Å². The third kappa shape index (κ3) is 4.01. The van der Waals surface area contributed by atoms with Gasteiger partial charge in [-0.05, 0) is 24.6 Å². The first kappa shape index (κ1) is 15.6. The highest BCUT2D eigenvalue weighted by Gasteiger charge is 2.15. The molecule has 0 saturated carbocycles. The molecule has 2 N–H and O–H groups in total. The Hall–Kier alpha value is -2.50. The van der Waals surface area contributed by atoms with Gasteiger partial charge < -0.3 is 19.9 Å². The fourth-order valence-electron chi connectivity index (χ4n) is 1.54. The Morgan fingerprint density at radius 3 is 2.65 bits per heavy atom. The summed E-state index contributed by atoms with van der Waals surface area (Å²) in [6.07, 6.45) is 2.66. The highest BCUT2D eigenvalue weighted by Crippen LogP contribution is 2.31. The maximum atomic E-state index is 11.9. The number of methoxy groups -OCH3 is 2. The summed E-state index contributed by atoms with van der Waals surface area (Å²) in [6, 6.07) is 3.18. The molecule has 6 heteroatoms. The average molecular weight is 279 g/mol. The smallest absolute Gasteiger partial charge is 0.330 e. The van der Waals surface area contributed by atoms with E-state index in [-0.39, 0.29) is 23.6 Å². The number of phenolic OH excluding ortho intramolecular Hbond substituents is 1. The van der Waals surface area contributed by atoms with E-state index in [2.05, 4.69) is 10.1 Å². The van der Waals surface area contributed by atoms with E-state index in [1.165, 1.54) is 26.4 Å². The first-order chi connectivity index (χ1) is 9.49. The standard InChI is InChI=1S/C14H17NO5/c1-9-7-10(13(17)11(8-9)19-2)14(18)15-6-4-5-12(16)20-3/h4-5,7-8,17H,6H2,1-3H3,(H,15,18)/b5-4+. The van der Waals surface area contributed by atoms with Crippen molar-refractivity contribution in [3.8, 4) is 11.5 Å². The van der Waals surface area contributed by atoms with E-state index in [1.807, 2.05) is 0 Å². The van der Waals surface area contributed by atoms with E-state index in [4.69, 9.17) is 4.74 Å². The summed E-state index contributed by atoms with van der Waals surface area (Å²) in [7, 11) is 2.68. The quantitative estimate of drug-likeness (QED) is 0.624. The molecule has 0 aliphatic rings. The molecular weight excluding hydrogens is 262 g/mol. The number of ether oxygens (including phenoxy) is 2. The van der Waals surface area contributed by atoms with Crippen molar-refractivity contribution in [3.05, 3.63) is 35.4 Å². The highest BCUT2D eigenvalue weighted by molar-refractivity contribution is 5.98. The zero-order chi connectivity index (χ0) is 15.1. The van der Waals surface area contributed by atoms with Crippen LogP contribution in [0.25, 0.3) is 0 Å². The predicted octanol–water partition coefficient (Wildman–Crippen LogP) is 1.17.